The van der Waals surface area contributed by atoms with Gasteiger partial charge >= 0.3 is 0 Å². The fourth-order valence-corrected chi connectivity index (χ4v) is 2.03. The monoisotopic (exact) mass is 223 g/mol. The zero-order valence-corrected chi connectivity index (χ0v) is 9.88. The average Bonchev–Trinajstić information content (AvgIpc) is 2.76. The molecule has 0 aliphatic carbocycles. The molecule has 84 valence electrons. The van der Waals surface area contributed by atoms with Crippen molar-refractivity contribution in [1.82, 2.24) is 14.8 Å². The first-order valence-corrected chi connectivity index (χ1v) is 5.58. The normalized spacial score (nSPS) is 10.9. The minimum absolute atomic E-state index is 1.04. The first-order chi connectivity index (χ1) is 8.24. The smallest absolute Gasteiger partial charge is 0.0705 e. The van der Waals surface area contributed by atoms with Crippen molar-refractivity contribution in [1.29, 1.82) is 0 Å². The second kappa shape index (κ2) is 3.70. The van der Waals surface area contributed by atoms with E-state index in [9.17, 15) is 0 Å². The van der Waals surface area contributed by atoms with E-state index >= 15 is 0 Å². The zero-order valence-electron chi connectivity index (χ0n) is 9.88. The van der Waals surface area contributed by atoms with Crippen molar-refractivity contribution in [2.24, 2.45) is 7.05 Å². The van der Waals surface area contributed by atoms with Crippen molar-refractivity contribution in [2.45, 2.75) is 6.92 Å². The number of rotatable bonds is 1. The van der Waals surface area contributed by atoms with Crippen molar-refractivity contribution in [3.05, 3.63) is 48.4 Å². The van der Waals surface area contributed by atoms with E-state index in [1.165, 1.54) is 16.5 Å². The first kappa shape index (κ1) is 10.0. The Morgan fingerprint density at radius 2 is 2.00 bits per heavy atom. The van der Waals surface area contributed by atoms with E-state index in [1.54, 1.807) is 0 Å². The van der Waals surface area contributed by atoms with Crippen molar-refractivity contribution in [2.75, 3.05) is 0 Å². The Labute approximate surface area is 99.7 Å². The molecule has 1 aromatic carbocycles. The molecule has 0 unspecified atom stereocenters. The SMILES string of the molecule is Cc1ccnc2ccc(-c3cnn(C)c3)cc12. The molecule has 0 saturated carbocycles. The van der Waals surface area contributed by atoms with Crippen LogP contribution >= 0.6 is 0 Å². The number of nitrogens with zero attached hydrogens (tertiary/aromatic N) is 3. The van der Waals surface area contributed by atoms with Gasteiger partial charge in [0, 0.05) is 30.4 Å². The third-order valence-electron chi connectivity index (χ3n) is 3.00. The highest BCUT2D eigenvalue weighted by Crippen LogP contribution is 2.24. The van der Waals surface area contributed by atoms with Gasteiger partial charge in [0.05, 0.1) is 11.7 Å². The van der Waals surface area contributed by atoms with E-state index in [4.69, 9.17) is 0 Å². The summed E-state index contributed by atoms with van der Waals surface area (Å²) in [7, 11) is 1.93. The van der Waals surface area contributed by atoms with Crippen LogP contribution in [0.4, 0.5) is 0 Å². The van der Waals surface area contributed by atoms with Crippen LogP contribution in [0.15, 0.2) is 42.9 Å². The summed E-state index contributed by atoms with van der Waals surface area (Å²) in [5.74, 6) is 0. The lowest BCUT2D eigenvalue weighted by Gasteiger charge is -2.03. The van der Waals surface area contributed by atoms with Crippen molar-refractivity contribution < 1.29 is 0 Å². The molecule has 2 heterocycles. The van der Waals surface area contributed by atoms with Crippen LogP contribution in [0.2, 0.25) is 0 Å². The van der Waals surface area contributed by atoms with Gasteiger partial charge in [-0.05, 0) is 36.2 Å². The molecule has 0 radical (unpaired) electrons. The maximum Gasteiger partial charge on any atom is 0.0705 e. The highest BCUT2D eigenvalue weighted by molar-refractivity contribution is 5.86. The molecule has 0 atom stereocenters. The lowest BCUT2D eigenvalue weighted by Crippen LogP contribution is -1.85. The maximum atomic E-state index is 4.36. The highest BCUT2D eigenvalue weighted by atomic mass is 15.2. The number of aromatic nitrogens is 3. The van der Waals surface area contributed by atoms with Crippen molar-refractivity contribution >= 4 is 10.9 Å². The van der Waals surface area contributed by atoms with E-state index in [1.807, 2.05) is 36.4 Å². The molecule has 17 heavy (non-hydrogen) atoms. The average molecular weight is 223 g/mol. The van der Waals surface area contributed by atoms with E-state index < -0.39 is 0 Å². The number of hydrogen-bond acceptors (Lipinski definition) is 2. The Balaban J connectivity index is 2.22. The topological polar surface area (TPSA) is 30.7 Å². The molecule has 0 spiro atoms. The summed E-state index contributed by atoms with van der Waals surface area (Å²) < 4.78 is 1.82. The predicted molar refractivity (Wildman–Crippen MR) is 68.7 cm³/mol. The van der Waals surface area contributed by atoms with Gasteiger partial charge in [0.15, 0.2) is 0 Å². The number of fused-ring (bicyclic) bond motifs is 1. The largest absolute Gasteiger partial charge is 0.275 e. The van der Waals surface area contributed by atoms with Gasteiger partial charge in [0.25, 0.3) is 0 Å². The van der Waals surface area contributed by atoms with Gasteiger partial charge in [-0.25, -0.2) is 0 Å². The van der Waals surface area contributed by atoms with E-state index in [2.05, 4.69) is 35.2 Å². The molecule has 0 aliphatic rings. The van der Waals surface area contributed by atoms with Gasteiger partial charge in [0.1, 0.15) is 0 Å². The Morgan fingerprint density at radius 1 is 1.12 bits per heavy atom. The lowest BCUT2D eigenvalue weighted by molar-refractivity contribution is 0.768. The van der Waals surface area contributed by atoms with Crippen LogP contribution in [-0.2, 0) is 7.05 Å². The molecule has 0 saturated heterocycles. The lowest BCUT2D eigenvalue weighted by atomic mass is 10.0. The van der Waals surface area contributed by atoms with E-state index in [-0.39, 0.29) is 0 Å². The molecule has 0 amide bonds. The molecule has 0 fully saturated rings. The Morgan fingerprint density at radius 3 is 2.76 bits per heavy atom. The Bertz CT molecular complexity index is 683. The molecule has 3 nitrogen and oxygen atoms in total. The van der Waals surface area contributed by atoms with Gasteiger partial charge in [-0.2, -0.15) is 5.10 Å². The second-order valence-electron chi connectivity index (χ2n) is 4.26. The standard InChI is InChI=1S/C14H13N3/c1-10-5-6-15-14-4-3-11(7-13(10)14)12-8-16-17(2)9-12/h3-9H,1-2H3. The summed E-state index contributed by atoms with van der Waals surface area (Å²) in [4.78, 5) is 4.36. The van der Waals surface area contributed by atoms with Crippen LogP contribution in [0.5, 0.6) is 0 Å². The molecule has 3 rings (SSSR count). The zero-order chi connectivity index (χ0) is 11.8. The molecular formula is C14H13N3. The van der Waals surface area contributed by atoms with Crippen LogP contribution in [0.1, 0.15) is 5.56 Å². The highest BCUT2D eigenvalue weighted by Gasteiger charge is 2.03. The van der Waals surface area contributed by atoms with Crippen LogP contribution < -0.4 is 0 Å². The van der Waals surface area contributed by atoms with Crippen LogP contribution in [-0.4, -0.2) is 14.8 Å². The summed E-state index contributed by atoms with van der Waals surface area (Å²) in [5, 5.41) is 5.40. The minimum Gasteiger partial charge on any atom is -0.275 e. The fourth-order valence-electron chi connectivity index (χ4n) is 2.03. The maximum absolute atomic E-state index is 4.36. The quantitative estimate of drug-likeness (QED) is 0.635. The van der Waals surface area contributed by atoms with E-state index in [0.29, 0.717) is 0 Å². The minimum atomic E-state index is 1.04. The van der Waals surface area contributed by atoms with Gasteiger partial charge in [-0.15, -0.1) is 0 Å². The molecule has 0 aliphatic heterocycles. The van der Waals surface area contributed by atoms with Gasteiger partial charge < -0.3 is 0 Å². The predicted octanol–water partition coefficient (Wildman–Crippen LogP) is 2.94. The Kier molecular flexibility index (Phi) is 2.18. The van der Waals surface area contributed by atoms with Gasteiger partial charge in [-0.3, -0.25) is 9.67 Å². The third-order valence-corrected chi connectivity index (χ3v) is 3.00. The Hall–Kier alpha value is -2.16. The number of aryl methyl sites for hydroxylation is 2. The number of pyridine rings is 1. The van der Waals surface area contributed by atoms with Crippen molar-refractivity contribution in [3.63, 3.8) is 0 Å². The molecule has 2 aromatic heterocycles. The van der Waals surface area contributed by atoms with Crippen LogP contribution in [0, 0.1) is 6.92 Å². The summed E-state index contributed by atoms with van der Waals surface area (Å²) in [6, 6.07) is 8.36. The molecular weight excluding hydrogens is 210 g/mol. The van der Waals surface area contributed by atoms with Gasteiger partial charge in [-0.1, -0.05) is 6.07 Å². The summed E-state index contributed by atoms with van der Waals surface area (Å²) in [6.45, 7) is 2.11. The van der Waals surface area contributed by atoms with Crippen molar-refractivity contribution in [3.8, 4) is 11.1 Å². The summed E-state index contributed by atoms with van der Waals surface area (Å²) in [5.41, 5.74) is 4.61. The second-order valence-corrected chi connectivity index (χ2v) is 4.26. The molecule has 3 aromatic rings. The number of benzene rings is 1. The van der Waals surface area contributed by atoms with Crippen LogP contribution in [0.3, 0.4) is 0 Å². The van der Waals surface area contributed by atoms with Crippen LogP contribution in [0.25, 0.3) is 22.0 Å². The fraction of sp³-hybridized carbons (Fsp3) is 0.143. The van der Waals surface area contributed by atoms with Gasteiger partial charge in [0.2, 0.25) is 0 Å². The van der Waals surface area contributed by atoms with E-state index in [0.717, 1.165) is 11.1 Å². The first-order valence-electron chi connectivity index (χ1n) is 5.58. The number of hydrogen-bond donors (Lipinski definition) is 0. The molecule has 3 heteroatoms. The third kappa shape index (κ3) is 1.69. The summed E-state index contributed by atoms with van der Waals surface area (Å²) >= 11 is 0. The summed E-state index contributed by atoms with van der Waals surface area (Å²) in [6.07, 6.45) is 5.75. The molecule has 0 bridgehead atoms. The molecule has 0 N–H and O–H groups in total.